The summed E-state index contributed by atoms with van der Waals surface area (Å²) in [7, 11) is 1.69. The highest BCUT2D eigenvalue weighted by atomic mass is 16.5. The van der Waals surface area contributed by atoms with Gasteiger partial charge in [-0.25, -0.2) is 4.98 Å². The van der Waals surface area contributed by atoms with Gasteiger partial charge in [0, 0.05) is 44.6 Å². The van der Waals surface area contributed by atoms with E-state index in [1.54, 1.807) is 7.11 Å². The number of hydrogen-bond donors (Lipinski definition) is 0. The van der Waals surface area contributed by atoms with E-state index < -0.39 is 0 Å². The first-order valence-corrected chi connectivity index (χ1v) is 11.9. The predicted octanol–water partition coefficient (Wildman–Crippen LogP) is 3.75. The number of hydrogen-bond acceptors (Lipinski definition) is 4. The van der Waals surface area contributed by atoms with Gasteiger partial charge < -0.3 is 14.5 Å². The Hall–Kier alpha value is -2.50. The average Bonchev–Trinajstić information content (AvgIpc) is 3.28. The molecule has 0 unspecified atom stereocenters. The molecule has 6 nitrogen and oxygen atoms in total. The average molecular weight is 421 g/mol. The Bertz CT molecular complexity index is 940. The first kappa shape index (κ1) is 19.2. The smallest absolute Gasteiger partial charge is 0.228 e. The van der Waals surface area contributed by atoms with Crippen LogP contribution in [0.5, 0.6) is 5.75 Å². The third-order valence-electron chi connectivity index (χ3n) is 8.29. The molecule has 5 fully saturated rings. The van der Waals surface area contributed by atoms with Crippen LogP contribution in [0, 0.1) is 23.2 Å². The zero-order valence-corrected chi connectivity index (χ0v) is 18.4. The van der Waals surface area contributed by atoms with Gasteiger partial charge in [0.2, 0.25) is 11.9 Å². The van der Waals surface area contributed by atoms with E-state index in [2.05, 4.69) is 25.4 Å². The molecular formula is C25H32N4O2. The molecular weight excluding hydrogens is 388 g/mol. The third-order valence-corrected chi connectivity index (χ3v) is 8.29. The SMILES string of the molecule is COc1cccc(-n2ccnc2N2CCN(C(=O)C34CC5CC(CC(C5)C3)C4)CC2)c1. The van der Waals surface area contributed by atoms with Crippen molar-refractivity contribution < 1.29 is 9.53 Å². The lowest BCUT2D eigenvalue weighted by molar-refractivity contribution is -0.158. The van der Waals surface area contributed by atoms with Crippen LogP contribution in [0.1, 0.15) is 38.5 Å². The summed E-state index contributed by atoms with van der Waals surface area (Å²) in [5.74, 6) is 4.67. The van der Waals surface area contributed by atoms with Crippen molar-refractivity contribution in [3.8, 4) is 11.4 Å². The minimum absolute atomic E-state index is 0.0318. The fourth-order valence-electron chi connectivity index (χ4n) is 7.31. The molecule has 1 aliphatic heterocycles. The second-order valence-electron chi connectivity index (χ2n) is 10.3. The molecule has 1 aromatic heterocycles. The van der Waals surface area contributed by atoms with E-state index in [4.69, 9.17) is 4.74 Å². The number of imidazole rings is 1. The van der Waals surface area contributed by atoms with E-state index in [0.29, 0.717) is 5.91 Å². The summed E-state index contributed by atoms with van der Waals surface area (Å²) in [5, 5.41) is 0. The first-order chi connectivity index (χ1) is 15.1. The van der Waals surface area contributed by atoms with Gasteiger partial charge in [-0.15, -0.1) is 0 Å². The Balaban J connectivity index is 1.16. The Morgan fingerprint density at radius 2 is 1.71 bits per heavy atom. The molecule has 4 saturated carbocycles. The van der Waals surface area contributed by atoms with E-state index in [0.717, 1.165) is 80.6 Å². The second-order valence-corrected chi connectivity index (χ2v) is 10.3. The van der Waals surface area contributed by atoms with Gasteiger partial charge in [-0.3, -0.25) is 9.36 Å². The number of benzene rings is 1. The summed E-state index contributed by atoms with van der Waals surface area (Å²) in [6.45, 7) is 3.26. The van der Waals surface area contributed by atoms with Crippen molar-refractivity contribution in [3.05, 3.63) is 36.7 Å². The standard InChI is InChI=1S/C25H32N4O2/c1-31-22-4-2-3-21(14-22)29-6-5-26-24(29)28-9-7-27(8-10-28)23(30)25-15-18-11-19(16-25)13-20(12-18)17-25/h2-6,14,18-20H,7-13,15-17H2,1H3. The Kier molecular flexibility index (Phi) is 4.51. The number of nitrogens with zero attached hydrogens (tertiary/aromatic N) is 4. The van der Waals surface area contributed by atoms with Crippen LogP contribution in [0.4, 0.5) is 5.95 Å². The third kappa shape index (κ3) is 3.22. The summed E-state index contributed by atoms with van der Waals surface area (Å²) >= 11 is 0. The van der Waals surface area contributed by atoms with Crippen LogP contribution in [0.15, 0.2) is 36.7 Å². The molecule has 7 rings (SSSR count). The van der Waals surface area contributed by atoms with Crippen molar-refractivity contribution in [2.24, 2.45) is 23.2 Å². The number of ether oxygens (including phenoxy) is 1. The second kappa shape index (κ2) is 7.28. The highest BCUT2D eigenvalue weighted by Gasteiger charge is 2.55. The van der Waals surface area contributed by atoms with E-state index >= 15 is 0 Å². The lowest BCUT2D eigenvalue weighted by atomic mass is 9.49. The fourth-order valence-corrected chi connectivity index (χ4v) is 7.31. The summed E-state index contributed by atoms with van der Waals surface area (Å²) < 4.78 is 7.50. The number of carbonyl (C=O) groups is 1. The van der Waals surface area contributed by atoms with E-state index in [9.17, 15) is 4.79 Å². The number of amides is 1. The van der Waals surface area contributed by atoms with Crippen LogP contribution in [0.3, 0.4) is 0 Å². The van der Waals surface area contributed by atoms with E-state index in [1.165, 1.54) is 19.3 Å². The molecule has 1 aromatic carbocycles. The normalized spacial score (nSPS) is 31.8. The highest BCUT2D eigenvalue weighted by Crippen LogP contribution is 2.60. The van der Waals surface area contributed by atoms with Gasteiger partial charge in [0.05, 0.1) is 18.2 Å². The minimum atomic E-state index is -0.0318. The van der Waals surface area contributed by atoms with Gasteiger partial charge in [0.25, 0.3) is 0 Å². The van der Waals surface area contributed by atoms with E-state index in [-0.39, 0.29) is 5.41 Å². The molecule has 0 N–H and O–H groups in total. The Labute approximate surface area is 184 Å². The van der Waals surface area contributed by atoms with Gasteiger partial charge in [0.1, 0.15) is 5.75 Å². The maximum absolute atomic E-state index is 13.7. The molecule has 6 heteroatoms. The number of methoxy groups -OCH3 is 1. The molecule has 1 saturated heterocycles. The number of anilines is 1. The summed E-state index contributed by atoms with van der Waals surface area (Å²) in [6, 6.07) is 8.05. The molecule has 1 amide bonds. The quantitative estimate of drug-likeness (QED) is 0.756. The monoisotopic (exact) mass is 420 g/mol. The summed E-state index contributed by atoms with van der Waals surface area (Å²) in [6.07, 6.45) is 11.4. The van der Waals surface area contributed by atoms with Gasteiger partial charge >= 0.3 is 0 Å². The molecule has 2 aromatic rings. The lowest BCUT2D eigenvalue weighted by Gasteiger charge is -2.57. The number of aromatic nitrogens is 2. The van der Waals surface area contributed by atoms with Crippen molar-refractivity contribution in [1.29, 1.82) is 0 Å². The molecule has 4 aliphatic carbocycles. The number of rotatable bonds is 4. The van der Waals surface area contributed by atoms with Gasteiger partial charge in [-0.1, -0.05) is 6.07 Å². The van der Waals surface area contributed by atoms with Crippen molar-refractivity contribution in [2.45, 2.75) is 38.5 Å². The van der Waals surface area contributed by atoms with Crippen molar-refractivity contribution >= 4 is 11.9 Å². The molecule has 4 bridgehead atoms. The predicted molar refractivity (Wildman–Crippen MR) is 120 cm³/mol. The Morgan fingerprint density at radius 3 is 2.35 bits per heavy atom. The maximum Gasteiger partial charge on any atom is 0.228 e. The number of piperazine rings is 1. The fraction of sp³-hybridized carbons (Fsp3) is 0.600. The van der Waals surface area contributed by atoms with Gasteiger partial charge in [-0.2, -0.15) is 0 Å². The van der Waals surface area contributed by atoms with Crippen molar-refractivity contribution in [2.75, 3.05) is 38.2 Å². The maximum atomic E-state index is 13.7. The minimum Gasteiger partial charge on any atom is -0.497 e. The first-order valence-electron chi connectivity index (χ1n) is 11.9. The van der Waals surface area contributed by atoms with Gasteiger partial charge in [0.15, 0.2) is 0 Å². The molecule has 31 heavy (non-hydrogen) atoms. The Morgan fingerprint density at radius 1 is 1.03 bits per heavy atom. The lowest BCUT2D eigenvalue weighted by Crippen LogP contribution is -2.58. The van der Waals surface area contributed by atoms with Crippen LogP contribution >= 0.6 is 0 Å². The number of carbonyl (C=O) groups excluding carboxylic acids is 1. The van der Waals surface area contributed by atoms with Crippen LogP contribution in [0.2, 0.25) is 0 Å². The van der Waals surface area contributed by atoms with E-state index in [1.807, 2.05) is 30.6 Å². The summed E-state index contributed by atoms with van der Waals surface area (Å²) in [4.78, 5) is 22.8. The van der Waals surface area contributed by atoms with Gasteiger partial charge in [-0.05, 0) is 68.4 Å². The zero-order chi connectivity index (χ0) is 21.0. The molecule has 0 atom stereocenters. The largest absolute Gasteiger partial charge is 0.497 e. The van der Waals surface area contributed by atoms with Crippen molar-refractivity contribution in [3.63, 3.8) is 0 Å². The van der Waals surface area contributed by atoms with Crippen molar-refractivity contribution in [1.82, 2.24) is 14.5 Å². The molecule has 0 radical (unpaired) electrons. The zero-order valence-electron chi connectivity index (χ0n) is 18.4. The highest BCUT2D eigenvalue weighted by molar-refractivity contribution is 5.83. The van der Waals surface area contributed by atoms with Crippen LogP contribution in [-0.2, 0) is 4.79 Å². The topological polar surface area (TPSA) is 50.6 Å². The molecule has 2 heterocycles. The van der Waals surface area contributed by atoms with Crippen LogP contribution in [0.25, 0.3) is 5.69 Å². The van der Waals surface area contributed by atoms with Crippen LogP contribution in [-0.4, -0.2) is 53.6 Å². The summed E-state index contributed by atoms with van der Waals surface area (Å²) in [5.41, 5.74) is 1.01. The molecule has 164 valence electrons. The molecule has 0 spiro atoms. The van der Waals surface area contributed by atoms with Crippen LogP contribution < -0.4 is 9.64 Å². The molecule has 5 aliphatic rings.